The van der Waals surface area contributed by atoms with Gasteiger partial charge < -0.3 is 33.9 Å². The molecule has 3 aromatic rings. The summed E-state index contributed by atoms with van der Waals surface area (Å²) in [6.45, 7) is 2.59. The molecule has 4 rings (SSSR count). The van der Waals surface area contributed by atoms with E-state index >= 15 is 0 Å². The zero-order valence-corrected chi connectivity index (χ0v) is 22.2. The molecular formula is C29H32N2O7. The number of hydrogen-bond acceptors (Lipinski definition) is 7. The Morgan fingerprint density at radius 2 is 1.55 bits per heavy atom. The van der Waals surface area contributed by atoms with Gasteiger partial charge >= 0.3 is 0 Å². The number of amides is 2. The Kier molecular flexibility index (Phi) is 8.25. The Morgan fingerprint density at radius 1 is 0.895 bits per heavy atom. The van der Waals surface area contributed by atoms with Gasteiger partial charge in [0.15, 0.2) is 29.1 Å². The molecule has 0 spiro atoms. The minimum absolute atomic E-state index is 0.0995. The lowest BCUT2D eigenvalue weighted by molar-refractivity contribution is -0.137. The normalized spacial score (nSPS) is 14.6. The zero-order chi connectivity index (χ0) is 27.2. The highest BCUT2D eigenvalue weighted by Gasteiger charge is 2.28. The van der Waals surface area contributed by atoms with Gasteiger partial charge in [-0.25, -0.2) is 0 Å². The Balaban J connectivity index is 1.50. The molecule has 1 aliphatic heterocycles. The average Bonchev–Trinajstić information content (AvgIpc) is 3.06. The van der Waals surface area contributed by atoms with E-state index in [2.05, 4.69) is 5.32 Å². The molecule has 3 aromatic carbocycles. The monoisotopic (exact) mass is 520 g/mol. The van der Waals surface area contributed by atoms with E-state index in [0.717, 1.165) is 11.1 Å². The van der Waals surface area contributed by atoms with Crippen LogP contribution in [-0.4, -0.2) is 57.8 Å². The minimum atomic E-state index is -0.631. The van der Waals surface area contributed by atoms with Crippen molar-refractivity contribution >= 4 is 17.5 Å². The molecule has 1 N–H and O–H groups in total. The van der Waals surface area contributed by atoms with Crippen LogP contribution in [0.1, 0.15) is 28.4 Å². The Bertz CT molecular complexity index is 1320. The van der Waals surface area contributed by atoms with Crippen molar-refractivity contribution in [3.63, 3.8) is 0 Å². The molecule has 200 valence electrons. The maximum absolute atomic E-state index is 13.1. The van der Waals surface area contributed by atoms with Crippen LogP contribution in [0.4, 0.5) is 5.69 Å². The van der Waals surface area contributed by atoms with Crippen molar-refractivity contribution < 1.29 is 33.3 Å². The number of rotatable bonds is 9. The summed E-state index contributed by atoms with van der Waals surface area (Å²) in [5, 5.41) is 2.92. The van der Waals surface area contributed by atoms with Gasteiger partial charge in [-0.15, -0.1) is 0 Å². The molecule has 9 heteroatoms. The molecule has 2 amide bonds. The van der Waals surface area contributed by atoms with Gasteiger partial charge in [0, 0.05) is 29.9 Å². The van der Waals surface area contributed by atoms with Crippen LogP contribution in [0.5, 0.6) is 28.7 Å². The molecule has 0 radical (unpaired) electrons. The van der Waals surface area contributed by atoms with Crippen LogP contribution in [0.3, 0.4) is 0 Å². The highest BCUT2D eigenvalue weighted by atomic mass is 16.5. The van der Waals surface area contributed by atoms with Gasteiger partial charge in [-0.2, -0.15) is 0 Å². The van der Waals surface area contributed by atoms with Gasteiger partial charge in [0.1, 0.15) is 5.75 Å². The van der Waals surface area contributed by atoms with E-state index in [4.69, 9.17) is 23.7 Å². The number of fused-ring (bicyclic) bond motifs is 1. The number of nitrogens with one attached hydrogen (secondary N) is 1. The summed E-state index contributed by atoms with van der Waals surface area (Å²) in [4.78, 5) is 27.8. The number of carbonyl (C=O) groups is 2. The van der Waals surface area contributed by atoms with Crippen LogP contribution >= 0.6 is 0 Å². The highest BCUT2D eigenvalue weighted by molar-refractivity contribution is 6.04. The van der Waals surface area contributed by atoms with Gasteiger partial charge in [-0.3, -0.25) is 9.59 Å². The molecule has 0 saturated heterocycles. The Hall–Kier alpha value is -4.40. The SMILES string of the molecule is COc1ccc(CCN2Cc3cc(NC(=O)c4ccc(OC)c(OC)c4)ccc3OC(C)C2=O)cc1OC. The lowest BCUT2D eigenvalue weighted by Gasteiger charge is -2.22. The molecule has 0 aliphatic carbocycles. The predicted octanol–water partition coefficient (Wildman–Crippen LogP) is 4.33. The summed E-state index contributed by atoms with van der Waals surface area (Å²) >= 11 is 0. The van der Waals surface area contributed by atoms with Crippen LogP contribution in [0, 0.1) is 0 Å². The second kappa shape index (κ2) is 11.8. The van der Waals surface area contributed by atoms with E-state index in [1.807, 2.05) is 24.3 Å². The number of hydrogen-bond donors (Lipinski definition) is 1. The van der Waals surface area contributed by atoms with E-state index < -0.39 is 6.10 Å². The second-order valence-electron chi connectivity index (χ2n) is 8.81. The molecule has 0 fully saturated rings. The first-order chi connectivity index (χ1) is 18.4. The number of anilines is 1. The van der Waals surface area contributed by atoms with E-state index in [9.17, 15) is 9.59 Å². The van der Waals surface area contributed by atoms with Gasteiger partial charge in [0.2, 0.25) is 0 Å². The van der Waals surface area contributed by atoms with Crippen LogP contribution in [0.2, 0.25) is 0 Å². The number of ether oxygens (including phenoxy) is 5. The average molecular weight is 521 g/mol. The molecule has 0 saturated carbocycles. The molecule has 1 heterocycles. The topological polar surface area (TPSA) is 95.6 Å². The van der Waals surface area contributed by atoms with E-state index in [1.165, 1.54) is 14.2 Å². The fourth-order valence-electron chi connectivity index (χ4n) is 4.35. The van der Waals surface area contributed by atoms with Gasteiger partial charge in [-0.05, 0) is 67.4 Å². The van der Waals surface area contributed by atoms with Crippen molar-refractivity contribution in [1.82, 2.24) is 4.90 Å². The molecule has 9 nitrogen and oxygen atoms in total. The van der Waals surface area contributed by atoms with Crippen LogP contribution in [-0.2, 0) is 17.8 Å². The van der Waals surface area contributed by atoms with E-state index in [-0.39, 0.29) is 11.8 Å². The van der Waals surface area contributed by atoms with Crippen molar-refractivity contribution in [2.45, 2.75) is 26.0 Å². The van der Waals surface area contributed by atoms with Crippen molar-refractivity contribution in [2.24, 2.45) is 0 Å². The third-order valence-electron chi connectivity index (χ3n) is 6.41. The zero-order valence-electron chi connectivity index (χ0n) is 22.2. The van der Waals surface area contributed by atoms with E-state index in [1.54, 1.807) is 56.4 Å². The Labute approximate surface area is 222 Å². The minimum Gasteiger partial charge on any atom is -0.493 e. The largest absolute Gasteiger partial charge is 0.493 e. The second-order valence-corrected chi connectivity index (χ2v) is 8.81. The lowest BCUT2D eigenvalue weighted by atomic mass is 10.1. The summed E-state index contributed by atoms with van der Waals surface area (Å²) in [5.74, 6) is 2.52. The smallest absolute Gasteiger partial charge is 0.263 e. The van der Waals surface area contributed by atoms with Gasteiger partial charge in [-0.1, -0.05) is 6.07 Å². The Morgan fingerprint density at radius 3 is 2.24 bits per heavy atom. The fourth-order valence-corrected chi connectivity index (χ4v) is 4.35. The molecule has 0 aromatic heterocycles. The van der Waals surface area contributed by atoms with E-state index in [0.29, 0.717) is 59.5 Å². The summed E-state index contributed by atoms with van der Waals surface area (Å²) < 4.78 is 27.2. The number of carbonyl (C=O) groups excluding carboxylic acids is 2. The van der Waals surface area contributed by atoms with Crippen LogP contribution < -0.4 is 29.0 Å². The third kappa shape index (κ3) is 5.77. The maximum Gasteiger partial charge on any atom is 0.263 e. The summed E-state index contributed by atoms with van der Waals surface area (Å²) in [5.41, 5.74) is 2.84. The number of nitrogens with zero attached hydrogens (tertiary/aromatic N) is 1. The van der Waals surface area contributed by atoms with Gasteiger partial charge in [0.05, 0.1) is 28.4 Å². The van der Waals surface area contributed by atoms with Crippen molar-refractivity contribution in [3.05, 3.63) is 71.3 Å². The van der Waals surface area contributed by atoms with Crippen LogP contribution in [0.15, 0.2) is 54.6 Å². The summed E-state index contributed by atoms with van der Waals surface area (Å²) in [6, 6.07) is 16.1. The highest BCUT2D eigenvalue weighted by Crippen LogP contribution is 2.31. The lowest BCUT2D eigenvalue weighted by Crippen LogP contribution is -2.39. The summed E-state index contributed by atoms with van der Waals surface area (Å²) in [6.07, 6.45) is -0.00184. The maximum atomic E-state index is 13.1. The van der Waals surface area contributed by atoms with Crippen molar-refractivity contribution in [2.75, 3.05) is 40.3 Å². The fraction of sp³-hybridized carbons (Fsp3) is 0.310. The standard InChI is InChI=1S/C29H32N2O7/c1-18-29(33)31(13-12-19-6-9-24(34-2)26(14-19)36-4)17-21-15-22(8-11-23(21)38-18)30-28(32)20-7-10-25(35-3)27(16-20)37-5/h6-11,14-16,18H,12-13,17H2,1-5H3,(H,30,32). The van der Waals surface area contributed by atoms with Crippen molar-refractivity contribution in [1.29, 1.82) is 0 Å². The first kappa shape index (κ1) is 26.7. The number of benzene rings is 3. The molecule has 1 aliphatic rings. The predicted molar refractivity (Wildman–Crippen MR) is 143 cm³/mol. The van der Waals surface area contributed by atoms with Crippen molar-refractivity contribution in [3.8, 4) is 28.7 Å². The molecular weight excluding hydrogens is 488 g/mol. The quantitative estimate of drug-likeness (QED) is 0.449. The molecule has 0 bridgehead atoms. The van der Waals surface area contributed by atoms with Gasteiger partial charge in [0.25, 0.3) is 11.8 Å². The number of methoxy groups -OCH3 is 4. The molecule has 1 unspecified atom stereocenters. The third-order valence-corrected chi connectivity index (χ3v) is 6.41. The molecule has 1 atom stereocenters. The summed E-state index contributed by atoms with van der Waals surface area (Å²) in [7, 11) is 6.25. The van der Waals surface area contributed by atoms with Crippen LogP contribution in [0.25, 0.3) is 0 Å². The molecule has 38 heavy (non-hydrogen) atoms. The first-order valence-corrected chi connectivity index (χ1v) is 12.2. The first-order valence-electron chi connectivity index (χ1n) is 12.2.